The van der Waals surface area contributed by atoms with Crippen molar-refractivity contribution < 1.29 is 14.8 Å². The third kappa shape index (κ3) is 2.74. The summed E-state index contributed by atoms with van der Waals surface area (Å²) in [5.41, 5.74) is 0.498. The predicted octanol–water partition coefficient (Wildman–Crippen LogP) is 1.51. The molecule has 0 spiro atoms. The van der Waals surface area contributed by atoms with Crippen LogP contribution in [0.2, 0.25) is 0 Å². The third-order valence-corrected chi connectivity index (χ3v) is 2.80. The summed E-state index contributed by atoms with van der Waals surface area (Å²) >= 11 is 0. The average molecular weight is 276 g/mol. The summed E-state index contributed by atoms with van der Waals surface area (Å²) in [4.78, 5) is 21.8. The van der Waals surface area contributed by atoms with Crippen LogP contribution in [0.3, 0.4) is 0 Å². The number of phenols is 1. The quantitative estimate of drug-likeness (QED) is 0.577. The van der Waals surface area contributed by atoms with Gasteiger partial charge in [-0.2, -0.15) is 5.10 Å². The number of carbonyl (C=O) groups is 1. The van der Waals surface area contributed by atoms with E-state index in [0.717, 1.165) is 17.7 Å². The summed E-state index contributed by atoms with van der Waals surface area (Å²) in [5, 5.41) is 29.2. The number of benzene rings is 1. The van der Waals surface area contributed by atoms with Gasteiger partial charge in [0, 0.05) is 23.4 Å². The van der Waals surface area contributed by atoms with Crippen LogP contribution in [0.15, 0.2) is 30.6 Å². The van der Waals surface area contributed by atoms with E-state index in [1.54, 1.807) is 19.3 Å². The zero-order valence-corrected chi connectivity index (χ0v) is 10.5. The molecule has 1 heterocycles. The van der Waals surface area contributed by atoms with E-state index in [-0.39, 0.29) is 11.6 Å². The number of aromatic nitrogens is 2. The topological polar surface area (TPSA) is 121 Å². The number of hydrogen-bond acceptors (Lipinski definition) is 5. The second-order valence-electron chi connectivity index (χ2n) is 4.19. The lowest BCUT2D eigenvalue weighted by molar-refractivity contribution is -0.385. The van der Waals surface area contributed by atoms with Crippen molar-refractivity contribution >= 4 is 11.6 Å². The number of nitro benzene ring substituents is 1. The van der Waals surface area contributed by atoms with Gasteiger partial charge in [-0.25, -0.2) is 0 Å². The van der Waals surface area contributed by atoms with Gasteiger partial charge in [-0.05, 0) is 19.1 Å². The Labute approximate surface area is 113 Å². The molecule has 2 aromatic rings. The van der Waals surface area contributed by atoms with Crippen LogP contribution in [-0.2, 0) is 0 Å². The van der Waals surface area contributed by atoms with Crippen molar-refractivity contribution in [1.29, 1.82) is 0 Å². The van der Waals surface area contributed by atoms with Gasteiger partial charge < -0.3 is 10.4 Å². The fraction of sp³-hybridized carbons (Fsp3) is 0.167. The van der Waals surface area contributed by atoms with Gasteiger partial charge in [-0.15, -0.1) is 0 Å². The van der Waals surface area contributed by atoms with Gasteiger partial charge in [0.2, 0.25) is 0 Å². The van der Waals surface area contributed by atoms with Gasteiger partial charge in [-0.1, -0.05) is 0 Å². The SMILES string of the molecule is CC(NC(=O)c1ccc([N+](=O)[O-])c(O)c1)c1cn[nH]c1. The summed E-state index contributed by atoms with van der Waals surface area (Å²) in [7, 11) is 0. The van der Waals surface area contributed by atoms with Crippen molar-refractivity contribution in [3.8, 4) is 5.75 Å². The highest BCUT2D eigenvalue weighted by Gasteiger charge is 2.17. The van der Waals surface area contributed by atoms with Gasteiger partial charge in [-0.3, -0.25) is 20.0 Å². The Morgan fingerprint density at radius 3 is 2.85 bits per heavy atom. The van der Waals surface area contributed by atoms with E-state index in [0.29, 0.717) is 0 Å². The fourth-order valence-corrected chi connectivity index (χ4v) is 1.68. The molecule has 104 valence electrons. The minimum atomic E-state index is -0.717. The van der Waals surface area contributed by atoms with E-state index in [4.69, 9.17) is 0 Å². The molecular weight excluding hydrogens is 264 g/mol. The molecule has 0 aliphatic rings. The second-order valence-corrected chi connectivity index (χ2v) is 4.19. The first-order valence-electron chi connectivity index (χ1n) is 5.76. The molecule has 1 aromatic carbocycles. The second kappa shape index (κ2) is 5.39. The van der Waals surface area contributed by atoms with Crippen molar-refractivity contribution in [1.82, 2.24) is 15.5 Å². The molecule has 0 aliphatic carbocycles. The predicted molar refractivity (Wildman–Crippen MR) is 69.2 cm³/mol. The molecule has 0 aliphatic heterocycles. The molecule has 1 unspecified atom stereocenters. The van der Waals surface area contributed by atoms with Crippen LogP contribution in [0.1, 0.15) is 28.9 Å². The molecule has 20 heavy (non-hydrogen) atoms. The zero-order chi connectivity index (χ0) is 14.7. The average Bonchev–Trinajstić information content (AvgIpc) is 2.91. The third-order valence-electron chi connectivity index (χ3n) is 2.80. The molecule has 0 saturated carbocycles. The summed E-state index contributed by atoms with van der Waals surface area (Å²) < 4.78 is 0. The number of H-pyrrole nitrogens is 1. The summed E-state index contributed by atoms with van der Waals surface area (Å²) in [6.45, 7) is 1.77. The van der Waals surface area contributed by atoms with Crippen molar-refractivity contribution in [3.63, 3.8) is 0 Å². The lowest BCUT2D eigenvalue weighted by Gasteiger charge is -2.12. The number of amides is 1. The van der Waals surface area contributed by atoms with E-state index in [1.165, 1.54) is 6.07 Å². The smallest absolute Gasteiger partial charge is 0.310 e. The molecule has 1 aromatic heterocycles. The molecule has 0 fully saturated rings. The molecular formula is C12H12N4O4. The first-order chi connectivity index (χ1) is 9.49. The van der Waals surface area contributed by atoms with E-state index in [1.807, 2.05) is 0 Å². The maximum atomic E-state index is 12.0. The molecule has 3 N–H and O–H groups in total. The number of nitro groups is 1. The Morgan fingerprint density at radius 2 is 2.30 bits per heavy atom. The number of carbonyl (C=O) groups excluding carboxylic acids is 1. The van der Waals surface area contributed by atoms with Crippen molar-refractivity contribution in [2.24, 2.45) is 0 Å². The Hall–Kier alpha value is -2.90. The number of nitrogens with zero attached hydrogens (tertiary/aromatic N) is 2. The van der Waals surface area contributed by atoms with E-state index >= 15 is 0 Å². The van der Waals surface area contributed by atoms with Gasteiger partial charge in [0.05, 0.1) is 17.2 Å². The number of phenolic OH excluding ortho intramolecular Hbond substituents is 1. The first-order valence-corrected chi connectivity index (χ1v) is 5.76. The molecule has 0 bridgehead atoms. The normalized spacial score (nSPS) is 11.8. The molecule has 1 amide bonds. The monoisotopic (exact) mass is 276 g/mol. The molecule has 0 radical (unpaired) electrons. The number of hydrogen-bond donors (Lipinski definition) is 3. The van der Waals surface area contributed by atoms with Crippen LogP contribution < -0.4 is 5.32 Å². The zero-order valence-electron chi connectivity index (χ0n) is 10.5. The summed E-state index contributed by atoms with van der Waals surface area (Å²) in [6.07, 6.45) is 3.23. The minimum absolute atomic E-state index is 0.142. The largest absolute Gasteiger partial charge is 0.502 e. The molecule has 8 heteroatoms. The van der Waals surface area contributed by atoms with E-state index in [9.17, 15) is 20.0 Å². The lowest BCUT2D eigenvalue weighted by Crippen LogP contribution is -2.26. The lowest BCUT2D eigenvalue weighted by atomic mass is 10.1. The molecule has 2 rings (SSSR count). The first kappa shape index (κ1) is 13.5. The van der Waals surface area contributed by atoms with Gasteiger partial charge >= 0.3 is 5.69 Å². The van der Waals surface area contributed by atoms with E-state index < -0.39 is 22.3 Å². The van der Waals surface area contributed by atoms with Gasteiger partial charge in [0.15, 0.2) is 5.75 Å². The van der Waals surface area contributed by atoms with Crippen molar-refractivity contribution in [2.45, 2.75) is 13.0 Å². The maximum absolute atomic E-state index is 12.0. The van der Waals surface area contributed by atoms with Crippen LogP contribution in [-0.4, -0.2) is 26.1 Å². The number of rotatable bonds is 4. The van der Waals surface area contributed by atoms with Crippen LogP contribution in [0.5, 0.6) is 5.75 Å². The van der Waals surface area contributed by atoms with Crippen LogP contribution in [0.4, 0.5) is 5.69 Å². The minimum Gasteiger partial charge on any atom is -0.502 e. The Morgan fingerprint density at radius 1 is 1.55 bits per heavy atom. The van der Waals surface area contributed by atoms with Crippen LogP contribution in [0, 0.1) is 10.1 Å². The highest BCUT2D eigenvalue weighted by atomic mass is 16.6. The highest BCUT2D eigenvalue weighted by Crippen LogP contribution is 2.26. The summed E-state index contributed by atoms with van der Waals surface area (Å²) in [5.74, 6) is -0.984. The molecule has 0 saturated heterocycles. The van der Waals surface area contributed by atoms with E-state index in [2.05, 4.69) is 15.5 Å². The Kier molecular flexibility index (Phi) is 3.65. The number of nitrogens with one attached hydrogen (secondary N) is 2. The standard InChI is InChI=1S/C12H12N4O4/c1-7(9-5-13-14-6-9)15-12(18)8-2-3-10(16(19)20)11(17)4-8/h2-7,17H,1H3,(H,13,14)(H,15,18). The van der Waals surface area contributed by atoms with Crippen molar-refractivity contribution in [3.05, 3.63) is 51.8 Å². The Balaban J connectivity index is 2.14. The fourth-order valence-electron chi connectivity index (χ4n) is 1.68. The highest BCUT2D eigenvalue weighted by molar-refractivity contribution is 5.95. The molecule has 1 atom stereocenters. The van der Waals surface area contributed by atoms with Gasteiger partial charge in [0.1, 0.15) is 0 Å². The number of aromatic amines is 1. The van der Waals surface area contributed by atoms with Crippen molar-refractivity contribution in [2.75, 3.05) is 0 Å². The van der Waals surface area contributed by atoms with Crippen LogP contribution >= 0.6 is 0 Å². The van der Waals surface area contributed by atoms with Crippen LogP contribution in [0.25, 0.3) is 0 Å². The van der Waals surface area contributed by atoms with Gasteiger partial charge in [0.25, 0.3) is 5.91 Å². The summed E-state index contributed by atoms with van der Waals surface area (Å²) in [6, 6.07) is 3.16. The Bertz CT molecular complexity index is 639. The maximum Gasteiger partial charge on any atom is 0.310 e. The molecule has 8 nitrogen and oxygen atoms in total. The number of aromatic hydroxyl groups is 1.